The highest BCUT2D eigenvalue weighted by Crippen LogP contribution is 2.24. The summed E-state index contributed by atoms with van der Waals surface area (Å²) in [5.41, 5.74) is 5.58. The van der Waals surface area contributed by atoms with Crippen LogP contribution in [-0.4, -0.2) is 23.5 Å². The molecule has 1 aromatic heterocycles. The first-order chi connectivity index (χ1) is 7.54. The standard InChI is InChI=1S/C9H12N2O4S/c1-2-15-9(12)7(10)5-6-3-4-8(16-6)11(13)14/h3-4,7H,2,5,10H2,1H3/t7-/m0/s1. The molecule has 2 N–H and O–H groups in total. The lowest BCUT2D eigenvalue weighted by Crippen LogP contribution is -2.34. The molecule has 1 heterocycles. The Morgan fingerprint density at radius 3 is 2.88 bits per heavy atom. The Morgan fingerprint density at radius 1 is 1.69 bits per heavy atom. The van der Waals surface area contributed by atoms with Crippen LogP contribution in [0.5, 0.6) is 0 Å². The Kier molecular flexibility index (Phi) is 4.39. The van der Waals surface area contributed by atoms with Crippen molar-refractivity contribution in [2.24, 2.45) is 5.73 Å². The second-order valence-corrected chi connectivity index (χ2v) is 4.21. The number of nitrogens with zero attached hydrogens (tertiary/aromatic N) is 1. The molecule has 0 aliphatic rings. The summed E-state index contributed by atoms with van der Waals surface area (Å²) in [6.45, 7) is 1.97. The molecule has 0 aromatic carbocycles. The van der Waals surface area contributed by atoms with Crippen molar-refractivity contribution in [2.45, 2.75) is 19.4 Å². The molecule has 0 saturated carbocycles. The van der Waals surface area contributed by atoms with E-state index in [2.05, 4.69) is 0 Å². The zero-order valence-corrected chi connectivity index (χ0v) is 9.53. The molecule has 0 amide bonds. The molecule has 0 aliphatic carbocycles. The lowest BCUT2D eigenvalue weighted by atomic mass is 10.2. The van der Waals surface area contributed by atoms with Gasteiger partial charge in [-0.05, 0) is 13.0 Å². The third-order valence-electron chi connectivity index (χ3n) is 1.84. The highest BCUT2D eigenvalue weighted by molar-refractivity contribution is 7.15. The van der Waals surface area contributed by atoms with E-state index in [1.807, 2.05) is 0 Å². The number of esters is 1. The van der Waals surface area contributed by atoms with Gasteiger partial charge in [-0.2, -0.15) is 0 Å². The summed E-state index contributed by atoms with van der Waals surface area (Å²) in [6.07, 6.45) is 0.261. The highest BCUT2D eigenvalue weighted by atomic mass is 32.1. The van der Waals surface area contributed by atoms with E-state index < -0.39 is 16.9 Å². The highest BCUT2D eigenvalue weighted by Gasteiger charge is 2.18. The van der Waals surface area contributed by atoms with Gasteiger partial charge in [-0.25, -0.2) is 0 Å². The summed E-state index contributed by atoms with van der Waals surface area (Å²) in [4.78, 5) is 21.9. The summed E-state index contributed by atoms with van der Waals surface area (Å²) in [7, 11) is 0. The minimum absolute atomic E-state index is 0.0473. The van der Waals surface area contributed by atoms with Crippen molar-refractivity contribution < 1.29 is 14.5 Å². The van der Waals surface area contributed by atoms with E-state index in [4.69, 9.17) is 10.5 Å². The van der Waals surface area contributed by atoms with E-state index in [-0.39, 0.29) is 18.0 Å². The van der Waals surface area contributed by atoms with Crippen LogP contribution in [0.15, 0.2) is 12.1 Å². The number of rotatable bonds is 5. The van der Waals surface area contributed by atoms with Crippen molar-refractivity contribution >= 4 is 22.3 Å². The molecule has 0 radical (unpaired) electrons. The van der Waals surface area contributed by atoms with Crippen LogP contribution >= 0.6 is 11.3 Å². The summed E-state index contributed by atoms with van der Waals surface area (Å²) >= 11 is 1.02. The van der Waals surface area contributed by atoms with Crippen molar-refractivity contribution in [1.82, 2.24) is 0 Å². The normalized spacial score (nSPS) is 12.1. The molecule has 6 nitrogen and oxygen atoms in total. The van der Waals surface area contributed by atoms with Gasteiger partial charge in [-0.15, -0.1) is 0 Å². The van der Waals surface area contributed by atoms with E-state index in [9.17, 15) is 14.9 Å². The van der Waals surface area contributed by atoms with Gasteiger partial charge >= 0.3 is 11.0 Å². The third-order valence-corrected chi connectivity index (χ3v) is 2.90. The SMILES string of the molecule is CCOC(=O)[C@@H](N)Cc1ccc([N+](=O)[O-])s1. The number of hydrogen-bond acceptors (Lipinski definition) is 6. The van der Waals surface area contributed by atoms with Crippen LogP contribution in [0.1, 0.15) is 11.8 Å². The quantitative estimate of drug-likeness (QED) is 0.475. The second-order valence-electron chi connectivity index (χ2n) is 3.06. The van der Waals surface area contributed by atoms with E-state index in [0.29, 0.717) is 4.88 Å². The Balaban J connectivity index is 2.59. The molecule has 1 rings (SSSR count). The van der Waals surface area contributed by atoms with Gasteiger partial charge in [-0.1, -0.05) is 11.3 Å². The second kappa shape index (κ2) is 5.57. The average molecular weight is 244 g/mol. The number of carbonyl (C=O) groups is 1. The van der Waals surface area contributed by atoms with Gasteiger partial charge in [0.2, 0.25) is 0 Å². The number of nitrogens with two attached hydrogens (primary N) is 1. The van der Waals surface area contributed by atoms with Gasteiger partial charge < -0.3 is 10.5 Å². The van der Waals surface area contributed by atoms with E-state index >= 15 is 0 Å². The summed E-state index contributed by atoms with van der Waals surface area (Å²) < 4.78 is 4.74. The first-order valence-corrected chi connectivity index (χ1v) is 5.51. The lowest BCUT2D eigenvalue weighted by molar-refractivity contribution is -0.380. The van der Waals surface area contributed by atoms with Gasteiger partial charge in [0.15, 0.2) is 0 Å². The zero-order valence-electron chi connectivity index (χ0n) is 8.71. The Labute approximate surface area is 96.2 Å². The molecular formula is C9H12N2O4S. The fourth-order valence-corrected chi connectivity index (χ4v) is 2.00. The Morgan fingerprint density at radius 2 is 2.38 bits per heavy atom. The molecule has 7 heteroatoms. The molecule has 0 aliphatic heterocycles. The lowest BCUT2D eigenvalue weighted by Gasteiger charge is -2.08. The average Bonchev–Trinajstić information content (AvgIpc) is 2.66. The van der Waals surface area contributed by atoms with Crippen molar-refractivity contribution in [3.05, 3.63) is 27.1 Å². The largest absolute Gasteiger partial charge is 0.465 e. The number of hydrogen-bond donors (Lipinski definition) is 1. The summed E-state index contributed by atoms with van der Waals surface area (Å²) in [6, 6.07) is 2.23. The monoisotopic (exact) mass is 244 g/mol. The summed E-state index contributed by atoms with van der Waals surface area (Å²) in [5.74, 6) is -0.487. The van der Waals surface area contributed by atoms with E-state index in [1.165, 1.54) is 6.07 Å². The Hall–Kier alpha value is -1.47. The smallest absolute Gasteiger partial charge is 0.324 e. The number of thiophene rings is 1. The molecular weight excluding hydrogens is 232 g/mol. The third kappa shape index (κ3) is 3.28. The Bertz CT molecular complexity index is 391. The van der Waals surface area contributed by atoms with Crippen LogP contribution < -0.4 is 5.73 Å². The molecule has 1 aromatic rings. The van der Waals surface area contributed by atoms with E-state index in [0.717, 1.165) is 11.3 Å². The summed E-state index contributed by atoms with van der Waals surface area (Å²) in [5, 5.41) is 10.5. The van der Waals surface area contributed by atoms with Gasteiger partial charge in [-0.3, -0.25) is 14.9 Å². The molecule has 0 unspecified atom stereocenters. The van der Waals surface area contributed by atoms with Crippen LogP contribution in [0.4, 0.5) is 5.00 Å². The fraction of sp³-hybridized carbons (Fsp3) is 0.444. The first-order valence-electron chi connectivity index (χ1n) is 4.70. The number of carbonyl (C=O) groups excluding carboxylic acids is 1. The maximum absolute atomic E-state index is 11.2. The van der Waals surface area contributed by atoms with Gasteiger partial charge in [0.25, 0.3) is 0 Å². The zero-order chi connectivity index (χ0) is 12.1. The molecule has 1 atom stereocenters. The van der Waals surface area contributed by atoms with Crippen LogP contribution in [0.25, 0.3) is 0 Å². The predicted molar refractivity (Wildman–Crippen MR) is 59.3 cm³/mol. The number of ether oxygens (including phenoxy) is 1. The van der Waals surface area contributed by atoms with Crippen molar-refractivity contribution in [1.29, 1.82) is 0 Å². The van der Waals surface area contributed by atoms with Crippen molar-refractivity contribution in [3.8, 4) is 0 Å². The van der Waals surface area contributed by atoms with Crippen LogP contribution in [0.3, 0.4) is 0 Å². The van der Waals surface area contributed by atoms with E-state index in [1.54, 1.807) is 13.0 Å². The van der Waals surface area contributed by atoms with Crippen LogP contribution in [0, 0.1) is 10.1 Å². The van der Waals surface area contributed by atoms with Gasteiger partial charge in [0, 0.05) is 17.4 Å². The first kappa shape index (κ1) is 12.6. The molecule has 88 valence electrons. The predicted octanol–water partition coefficient (Wildman–Crippen LogP) is 1.09. The maximum Gasteiger partial charge on any atom is 0.324 e. The topological polar surface area (TPSA) is 95.5 Å². The molecule has 0 saturated heterocycles. The van der Waals surface area contributed by atoms with Crippen molar-refractivity contribution in [2.75, 3.05) is 6.61 Å². The molecule has 0 fully saturated rings. The minimum atomic E-state index is -0.766. The minimum Gasteiger partial charge on any atom is -0.465 e. The number of nitro groups is 1. The van der Waals surface area contributed by atoms with Crippen LogP contribution in [0.2, 0.25) is 0 Å². The maximum atomic E-state index is 11.2. The molecule has 0 bridgehead atoms. The van der Waals surface area contributed by atoms with Crippen molar-refractivity contribution in [3.63, 3.8) is 0 Å². The fourth-order valence-electron chi connectivity index (χ4n) is 1.12. The van der Waals surface area contributed by atoms with Crippen LogP contribution in [-0.2, 0) is 16.0 Å². The molecule has 16 heavy (non-hydrogen) atoms. The van der Waals surface area contributed by atoms with Gasteiger partial charge in [0.05, 0.1) is 11.5 Å². The van der Waals surface area contributed by atoms with Gasteiger partial charge in [0.1, 0.15) is 6.04 Å². The molecule has 0 spiro atoms.